The molecular formula is C25H25N3O3. The molecule has 6 heteroatoms. The third-order valence-corrected chi connectivity index (χ3v) is 7.74. The lowest BCUT2D eigenvalue weighted by Crippen LogP contribution is -2.54. The zero-order chi connectivity index (χ0) is 21.7. The Morgan fingerprint density at radius 3 is 2.45 bits per heavy atom. The van der Waals surface area contributed by atoms with E-state index in [1.165, 1.54) is 4.90 Å². The van der Waals surface area contributed by atoms with E-state index in [9.17, 15) is 14.4 Å². The maximum atomic E-state index is 13.9. The Bertz CT molecular complexity index is 1170. The van der Waals surface area contributed by atoms with Gasteiger partial charge in [0.25, 0.3) is 0 Å². The molecule has 3 fully saturated rings. The standard InChI is InChI=1S/C25H25N3O3/c1-13-6-8-16(9-7-13)28-22(29)19-18-5-4-10-27(18)25(20(19)23(28)30)17-12-14(2)11-15(3)21(17)26-24(25)31/h6-9,11-12,18-20H,4-5,10H2,1-3H3,(H,26,31)/t18-,19+,20+,25-/m1/s1. The second-order valence-electron chi connectivity index (χ2n) is 9.48. The van der Waals surface area contributed by atoms with Gasteiger partial charge < -0.3 is 5.32 Å². The largest absolute Gasteiger partial charge is 0.324 e. The van der Waals surface area contributed by atoms with Crippen LogP contribution in [-0.2, 0) is 19.9 Å². The van der Waals surface area contributed by atoms with Gasteiger partial charge in [0, 0.05) is 17.3 Å². The number of carbonyl (C=O) groups is 3. The van der Waals surface area contributed by atoms with Crippen LogP contribution in [0.2, 0.25) is 0 Å². The number of aryl methyl sites for hydroxylation is 3. The third-order valence-electron chi connectivity index (χ3n) is 7.74. The summed E-state index contributed by atoms with van der Waals surface area (Å²) in [5, 5.41) is 3.09. The molecule has 3 amide bonds. The second-order valence-corrected chi connectivity index (χ2v) is 9.48. The number of rotatable bonds is 1. The van der Waals surface area contributed by atoms with Crippen LogP contribution in [0, 0.1) is 32.6 Å². The number of hydrogen-bond donors (Lipinski definition) is 1. The lowest BCUT2D eigenvalue weighted by atomic mass is 9.75. The highest BCUT2D eigenvalue weighted by Crippen LogP contribution is 2.61. The van der Waals surface area contributed by atoms with Gasteiger partial charge in [-0.25, -0.2) is 4.90 Å². The SMILES string of the molecule is Cc1ccc(N2C(=O)[C@H]3[C@H]4CCCN4[C@@]4(C(=O)Nc5c(C)cc(C)cc54)[C@@H]3C2=O)cc1. The number of nitrogens with one attached hydrogen (secondary N) is 1. The van der Waals surface area contributed by atoms with Gasteiger partial charge in [0.15, 0.2) is 0 Å². The molecule has 158 valence electrons. The van der Waals surface area contributed by atoms with Crippen molar-refractivity contribution in [1.82, 2.24) is 4.90 Å². The topological polar surface area (TPSA) is 69.7 Å². The van der Waals surface area contributed by atoms with Crippen molar-refractivity contribution in [3.8, 4) is 0 Å². The number of anilines is 2. The van der Waals surface area contributed by atoms with Gasteiger partial charge in [0.1, 0.15) is 5.54 Å². The summed E-state index contributed by atoms with van der Waals surface area (Å²) in [6.45, 7) is 6.70. The molecule has 0 saturated carbocycles. The van der Waals surface area contributed by atoms with Gasteiger partial charge in [-0.2, -0.15) is 0 Å². The van der Waals surface area contributed by atoms with Gasteiger partial charge in [-0.15, -0.1) is 0 Å². The molecule has 4 aliphatic rings. The summed E-state index contributed by atoms with van der Waals surface area (Å²) in [7, 11) is 0. The van der Waals surface area contributed by atoms with Crippen LogP contribution >= 0.6 is 0 Å². The van der Waals surface area contributed by atoms with Crippen molar-refractivity contribution in [3.05, 3.63) is 58.7 Å². The summed E-state index contributed by atoms with van der Waals surface area (Å²) in [6, 6.07) is 11.5. The van der Waals surface area contributed by atoms with Crippen LogP contribution < -0.4 is 10.2 Å². The fourth-order valence-electron chi connectivity index (χ4n) is 6.61. The van der Waals surface area contributed by atoms with E-state index in [0.29, 0.717) is 5.69 Å². The average Bonchev–Trinajstić information content (AvgIpc) is 3.42. The summed E-state index contributed by atoms with van der Waals surface area (Å²) in [6.07, 6.45) is 1.76. The molecule has 1 N–H and O–H groups in total. The van der Waals surface area contributed by atoms with E-state index in [0.717, 1.165) is 47.3 Å². The first-order valence-electron chi connectivity index (χ1n) is 11.0. The number of imide groups is 1. The fourth-order valence-corrected chi connectivity index (χ4v) is 6.61. The van der Waals surface area contributed by atoms with Crippen molar-refractivity contribution in [2.24, 2.45) is 11.8 Å². The normalized spacial score (nSPS) is 31.4. The third kappa shape index (κ3) is 2.13. The summed E-state index contributed by atoms with van der Waals surface area (Å²) >= 11 is 0. The monoisotopic (exact) mass is 415 g/mol. The number of nitrogens with zero attached hydrogens (tertiary/aromatic N) is 2. The van der Waals surface area contributed by atoms with E-state index in [1.54, 1.807) is 0 Å². The van der Waals surface area contributed by atoms with Crippen molar-refractivity contribution in [1.29, 1.82) is 0 Å². The first-order valence-corrected chi connectivity index (χ1v) is 11.0. The van der Waals surface area contributed by atoms with Gasteiger partial charge in [0.05, 0.1) is 17.5 Å². The fraction of sp³-hybridized carbons (Fsp3) is 0.400. The molecule has 0 bridgehead atoms. The Kier molecular flexibility index (Phi) is 3.65. The quantitative estimate of drug-likeness (QED) is 0.727. The minimum Gasteiger partial charge on any atom is -0.324 e. The molecule has 0 aliphatic carbocycles. The number of benzene rings is 2. The minimum absolute atomic E-state index is 0.0885. The molecule has 4 atom stereocenters. The Morgan fingerprint density at radius 2 is 1.71 bits per heavy atom. The molecule has 6 rings (SSSR count). The maximum Gasteiger partial charge on any atom is 0.250 e. The highest BCUT2D eigenvalue weighted by molar-refractivity contribution is 6.26. The lowest BCUT2D eigenvalue weighted by molar-refractivity contribution is -0.135. The zero-order valence-electron chi connectivity index (χ0n) is 17.9. The van der Waals surface area contributed by atoms with Crippen LogP contribution in [0.5, 0.6) is 0 Å². The van der Waals surface area contributed by atoms with Gasteiger partial charge in [-0.3, -0.25) is 19.3 Å². The minimum atomic E-state index is -1.11. The van der Waals surface area contributed by atoms with Gasteiger partial charge in [-0.05, 0) is 57.9 Å². The Balaban J connectivity index is 1.57. The second kappa shape index (κ2) is 6.04. The first-order chi connectivity index (χ1) is 14.9. The van der Waals surface area contributed by atoms with E-state index in [2.05, 4.69) is 10.2 Å². The van der Waals surface area contributed by atoms with Crippen molar-refractivity contribution in [3.63, 3.8) is 0 Å². The van der Waals surface area contributed by atoms with E-state index in [1.807, 2.05) is 57.2 Å². The molecule has 0 unspecified atom stereocenters. The summed E-state index contributed by atoms with van der Waals surface area (Å²) in [5.41, 5.74) is 4.26. The van der Waals surface area contributed by atoms with Gasteiger partial charge in [0.2, 0.25) is 17.7 Å². The molecule has 4 aliphatic heterocycles. The maximum absolute atomic E-state index is 13.9. The molecule has 2 aromatic carbocycles. The Morgan fingerprint density at radius 1 is 0.968 bits per heavy atom. The van der Waals surface area contributed by atoms with Crippen molar-refractivity contribution < 1.29 is 14.4 Å². The summed E-state index contributed by atoms with van der Waals surface area (Å²) in [4.78, 5) is 44.8. The molecule has 0 aromatic heterocycles. The molecule has 2 aromatic rings. The predicted octanol–water partition coefficient (Wildman–Crippen LogP) is 3.04. The molecule has 6 nitrogen and oxygen atoms in total. The Hall–Kier alpha value is -2.99. The summed E-state index contributed by atoms with van der Waals surface area (Å²) < 4.78 is 0. The Labute approximate surface area is 181 Å². The zero-order valence-corrected chi connectivity index (χ0v) is 17.9. The van der Waals surface area contributed by atoms with Gasteiger partial charge >= 0.3 is 0 Å². The van der Waals surface area contributed by atoms with Crippen LogP contribution in [0.15, 0.2) is 36.4 Å². The molecule has 4 heterocycles. The highest BCUT2D eigenvalue weighted by Gasteiger charge is 2.74. The van der Waals surface area contributed by atoms with Crippen LogP contribution in [0.1, 0.15) is 35.1 Å². The molecule has 31 heavy (non-hydrogen) atoms. The molecular weight excluding hydrogens is 390 g/mol. The number of carbonyl (C=O) groups excluding carboxylic acids is 3. The van der Waals surface area contributed by atoms with Crippen LogP contribution in [0.3, 0.4) is 0 Å². The lowest BCUT2D eigenvalue weighted by Gasteiger charge is -2.36. The van der Waals surface area contributed by atoms with E-state index >= 15 is 0 Å². The van der Waals surface area contributed by atoms with E-state index in [-0.39, 0.29) is 23.8 Å². The smallest absolute Gasteiger partial charge is 0.250 e. The predicted molar refractivity (Wildman–Crippen MR) is 117 cm³/mol. The number of amides is 3. The van der Waals surface area contributed by atoms with Crippen molar-refractivity contribution in [2.45, 2.75) is 45.2 Å². The van der Waals surface area contributed by atoms with E-state index < -0.39 is 17.4 Å². The first kappa shape index (κ1) is 18.8. The van der Waals surface area contributed by atoms with Crippen LogP contribution in [0.4, 0.5) is 11.4 Å². The van der Waals surface area contributed by atoms with Crippen molar-refractivity contribution in [2.75, 3.05) is 16.8 Å². The van der Waals surface area contributed by atoms with E-state index in [4.69, 9.17) is 0 Å². The molecule has 3 saturated heterocycles. The molecule has 1 spiro atoms. The van der Waals surface area contributed by atoms with Gasteiger partial charge in [-0.1, -0.05) is 35.4 Å². The number of hydrogen-bond acceptors (Lipinski definition) is 4. The highest BCUT2D eigenvalue weighted by atomic mass is 16.2. The van der Waals surface area contributed by atoms with Crippen LogP contribution in [0.25, 0.3) is 0 Å². The summed E-state index contributed by atoms with van der Waals surface area (Å²) in [5.74, 6) is -1.78. The van der Waals surface area contributed by atoms with Crippen molar-refractivity contribution >= 4 is 29.1 Å². The average molecular weight is 415 g/mol. The molecule has 0 radical (unpaired) electrons. The van der Waals surface area contributed by atoms with Crippen LogP contribution in [-0.4, -0.2) is 35.2 Å². The number of fused-ring (bicyclic) bond motifs is 7.